The first-order chi connectivity index (χ1) is 9.37. The lowest BCUT2D eigenvalue weighted by Gasteiger charge is -2.26. The molecule has 1 aromatic rings. The third kappa shape index (κ3) is 1.97. The molecular formula is C14H12F6O. The summed E-state index contributed by atoms with van der Waals surface area (Å²) in [6, 6.07) is 1.23. The molecule has 1 nitrogen and oxygen atoms in total. The van der Waals surface area contributed by atoms with Crippen LogP contribution in [0.1, 0.15) is 48.9 Å². The fourth-order valence-electron chi connectivity index (χ4n) is 3.40. The van der Waals surface area contributed by atoms with Crippen molar-refractivity contribution in [2.24, 2.45) is 0 Å². The Hall–Kier alpha value is -1.24. The lowest BCUT2D eigenvalue weighted by molar-refractivity contribution is -0.162. The first-order valence-corrected chi connectivity index (χ1v) is 6.40. The molecule has 2 bridgehead atoms. The minimum atomic E-state index is -5.06. The van der Waals surface area contributed by atoms with E-state index in [0.717, 1.165) is 0 Å². The summed E-state index contributed by atoms with van der Waals surface area (Å²) in [5, 5.41) is 0. The van der Waals surface area contributed by atoms with Crippen LogP contribution in [0, 0.1) is 0 Å². The van der Waals surface area contributed by atoms with Gasteiger partial charge in [-0.05, 0) is 49.9 Å². The van der Waals surface area contributed by atoms with Crippen molar-refractivity contribution < 1.29 is 31.1 Å². The van der Waals surface area contributed by atoms with Crippen LogP contribution in [0.5, 0.6) is 0 Å². The predicted molar refractivity (Wildman–Crippen MR) is 61.5 cm³/mol. The zero-order valence-corrected chi connectivity index (χ0v) is 11.2. The van der Waals surface area contributed by atoms with Gasteiger partial charge in [0.05, 0.1) is 22.3 Å². The SMILES string of the molecule is CC12CCC(C)(O1)c1cc(C(F)(F)F)c(C(F)(F)F)cc12. The number of rotatable bonds is 0. The van der Waals surface area contributed by atoms with Gasteiger partial charge in [-0.15, -0.1) is 0 Å². The van der Waals surface area contributed by atoms with Crippen molar-refractivity contribution in [1.82, 2.24) is 0 Å². The second kappa shape index (κ2) is 3.74. The van der Waals surface area contributed by atoms with Crippen molar-refractivity contribution in [1.29, 1.82) is 0 Å². The van der Waals surface area contributed by atoms with Gasteiger partial charge < -0.3 is 4.74 Å². The first kappa shape index (κ1) is 14.7. The normalized spacial score (nSPS) is 31.6. The van der Waals surface area contributed by atoms with E-state index in [4.69, 9.17) is 4.74 Å². The van der Waals surface area contributed by atoms with E-state index >= 15 is 0 Å². The van der Waals surface area contributed by atoms with E-state index in [-0.39, 0.29) is 11.1 Å². The monoisotopic (exact) mass is 310 g/mol. The van der Waals surface area contributed by atoms with Crippen LogP contribution in [0.3, 0.4) is 0 Å². The molecule has 2 atom stereocenters. The number of halogens is 6. The maximum atomic E-state index is 13.0. The standard InChI is InChI=1S/C14H12F6O/c1-11-3-4-12(2,21-11)8-6-10(14(18,19)20)9(5-7(8)11)13(15,16)17/h5-6H,3-4H2,1-2H3. The van der Waals surface area contributed by atoms with Crippen molar-refractivity contribution >= 4 is 0 Å². The van der Waals surface area contributed by atoms with Gasteiger partial charge in [-0.1, -0.05) is 0 Å². The topological polar surface area (TPSA) is 9.23 Å². The van der Waals surface area contributed by atoms with Gasteiger partial charge in [0.1, 0.15) is 0 Å². The smallest absolute Gasteiger partial charge is 0.360 e. The Morgan fingerprint density at radius 2 is 1.14 bits per heavy atom. The molecule has 0 saturated carbocycles. The van der Waals surface area contributed by atoms with Crippen molar-refractivity contribution in [3.63, 3.8) is 0 Å². The molecule has 1 fully saturated rings. The zero-order valence-electron chi connectivity index (χ0n) is 11.2. The van der Waals surface area contributed by atoms with Gasteiger partial charge in [0, 0.05) is 0 Å². The molecule has 21 heavy (non-hydrogen) atoms. The van der Waals surface area contributed by atoms with Gasteiger partial charge in [0.2, 0.25) is 0 Å². The minimum Gasteiger partial charge on any atom is -0.360 e. The van der Waals surface area contributed by atoms with Crippen LogP contribution in [-0.4, -0.2) is 0 Å². The molecule has 0 amide bonds. The van der Waals surface area contributed by atoms with E-state index in [1.165, 1.54) is 0 Å². The predicted octanol–water partition coefficient (Wildman–Crippen LogP) is 4.98. The Labute approximate surface area is 116 Å². The molecule has 0 spiro atoms. The summed E-state index contributed by atoms with van der Waals surface area (Å²) in [4.78, 5) is 0. The van der Waals surface area contributed by atoms with Crippen LogP contribution in [-0.2, 0) is 28.3 Å². The lowest BCUT2D eigenvalue weighted by Crippen LogP contribution is -2.23. The zero-order chi connectivity index (χ0) is 15.8. The summed E-state index contributed by atoms with van der Waals surface area (Å²) in [6.45, 7) is 3.25. The quantitative estimate of drug-likeness (QED) is 0.614. The van der Waals surface area contributed by atoms with Crippen LogP contribution in [0.25, 0.3) is 0 Å². The molecule has 116 valence electrons. The van der Waals surface area contributed by atoms with Crippen molar-refractivity contribution in [3.05, 3.63) is 34.4 Å². The second-order valence-electron chi connectivity index (χ2n) is 6.00. The molecule has 0 aromatic heterocycles. The highest BCUT2D eigenvalue weighted by molar-refractivity contribution is 5.50. The van der Waals surface area contributed by atoms with E-state index in [2.05, 4.69) is 0 Å². The number of alkyl halides is 6. The van der Waals surface area contributed by atoms with Crippen molar-refractivity contribution in [2.75, 3.05) is 0 Å². The molecule has 7 heteroatoms. The molecule has 0 N–H and O–H groups in total. The van der Waals surface area contributed by atoms with Crippen LogP contribution >= 0.6 is 0 Å². The van der Waals surface area contributed by atoms with Gasteiger partial charge in [0.25, 0.3) is 0 Å². The van der Waals surface area contributed by atoms with Gasteiger partial charge in [0.15, 0.2) is 0 Å². The average molecular weight is 310 g/mol. The number of hydrogen-bond donors (Lipinski definition) is 0. The maximum Gasteiger partial charge on any atom is 0.417 e. The number of benzene rings is 1. The van der Waals surface area contributed by atoms with E-state index in [9.17, 15) is 26.3 Å². The molecule has 2 heterocycles. The summed E-state index contributed by atoms with van der Waals surface area (Å²) in [7, 11) is 0. The maximum absolute atomic E-state index is 13.0. The van der Waals surface area contributed by atoms with Gasteiger partial charge in [-0.25, -0.2) is 0 Å². The number of hydrogen-bond acceptors (Lipinski definition) is 1. The molecule has 1 aromatic carbocycles. The summed E-state index contributed by atoms with van der Waals surface area (Å²) in [6.07, 6.45) is -9.11. The Morgan fingerprint density at radius 1 is 0.810 bits per heavy atom. The minimum absolute atomic E-state index is 0.219. The number of fused-ring (bicyclic) bond motifs is 5. The van der Waals surface area contributed by atoms with Gasteiger partial charge in [-0.3, -0.25) is 0 Å². The van der Waals surface area contributed by atoms with Crippen LogP contribution in [0.2, 0.25) is 0 Å². The van der Waals surface area contributed by atoms with E-state index in [0.29, 0.717) is 25.0 Å². The highest BCUT2D eigenvalue weighted by atomic mass is 19.4. The summed E-state index contributed by atoms with van der Waals surface area (Å²) in [5.41, 5.74) is -4.72. The fraction of sp³-hybridized carbons (Fsp3) is 0.571. The van der Waals surface area contributed by atoms with Crippen LogP contribution < -0.4 is 0 Å². The summed E-state index contributed by atoms with van der Waals surface area (Å²) >= 11 is 0. The Bertz CT molecular complexity index is 564. The Morgan fingerprint density at radius 3 is 1.43 bits per heavy atom. The Kier molecular flexibility index (Phi) is 2.62. The molecule has 0 aliphatic carbocycles. The molecule has 3 rings (SSSR count). The number of ether oxygens (including phenoxy) is 1. The molecule has 2 aliphatic heterocycles. The fourth-order valence-corrected chi connectivity index (χ4v) is 3.40. The first-order valence-electron chi connectivity index (χ1n) is 6.40. The van der Waals surface area contributed by atoms with Crippen LogP contribution in [0.15, 0.2) is 12.1 Å². The summed E-state index contributed by atoms with van der Waals surface area (Å²) in [5.74, 6) is 0. The van der Waals surface area contributed by atoms with Crippen molar-refractivity contribution in [3.8, 4) is 0 Å². The van der Waals surface area contributed by atoms with Gasteiger partial charge in [-0.2, -0.15) is 26.3 Å². The molecule has 1 saturated heterocycles. The van der Waals surface area contributed by atoms with Crippen LogP contribution in [0.4, 0.5) is 26.3 Å². The Balaban J connectivity index is 2.31. The van der Waals surface area contributed by atoms with E-state index in [1.807, 2.05) is 0 Å². The van der Waals surface area contributed by atoms with E-state index < -0.39 is 34.7 Å². The second-order valence-corrected chi connectivity index (χ2v) is 6.00. The highest BCUT2D eigenvalue weighted by Crippen LogP contribution is 2.59. The molecule has 0 radical (unpaired) electrons. The third-order valence-electron chi connectivity index (χ3n) is 4.44. The molecule has 2 unspecified atom stereocenters. The average Bonchev–Trinajstić information content (AvgIpc) is 2.73. The third-order valence-corrected chi connectivity index (χ3v) is 4.44. The molecular weight excluding hydrogens is 298 g/mol. The summed E-state index contributed by atoms with van der Waals surface area (Å²) < 4.78 is 83.5. The van der Waals surface area contributed by atoms with E-state index in [1.54, 1.807) is 13.8 Å². The van der Waals surface area contributed by atoms with Gasteiger partial charge >= 0.3 is 12.4 Å². The largest absolute Gasteiger partial charge is 0.417 e. The van der Waals surface area contributed by atoms with Crippen molar-refractivity contribution in [2.45, 2.75) is 50.2 Å². The molecule has 2 aliphatic rings. The highest BCUT2D eigenvalue weighted by Gasteiger charge is 2.56. The lowest BCUT2D eigenvalue weighted by atomic mass is 9.76.